The van der Waals surface area contributed by atoms with E-state index in [1.165, 1.54) is 18.2 Å². The van der Waals surface area contributed by atoms with Crippen molar-refractivity contribution in [2.24, 2.45) is 0 Å². The minimum atomic E-state index is -4.61. The summed E-state index contributed by atoms with van der Waals surface area (Å²) in [5.74, 6) is -1.82. The van der Waals surface area contributed by atoms with Crippen LogP contribution in [0.15, 0.2) is 144 Å². The van der Waals surface area contributed by atoms with E-state index >= 15 is 0 Å². The minimum Gasteiger partial charge on any atom is -0.325 e. The van der Waals surface area contributed by atoms with Crippen molar-refractivity contribution in [2.45, 2.75) is 11.1 Å². The summed E-state index contributed by atoms with van der Waals surface area (Å²) in [6.07, 6.45) is -3.03. The number of para-hydroxylation sites is 1. The molecule has 0 saturated carbocycles. The van der Waals surface area contributed by atoms with Gasteiger partial charge < -0.3 is 16.0 Å². The number of anilines is 2. The Morgan fingerprint density at radius 1 is 0.681 bits per heavy atom. The highest BCUT2D eigenvalue weighted by Gasteiger charge is 2.33. The molecule has 3 amide bonds. The Morgan fingerprint density at radius 3 is 2.02 bits per heavy atom. The molecule has 10 heteroatoms. The Morgan fingerprint density at radius 2 is 1.32 bits per heavy atom. The van der Waals surface area contributed by atoms with Gasteiger partial charge in [0.1, 0.15) is 5.70 Å². The summed E-state index contributed by atoms with van der Waals surface area (Å²) in [6.45, 7) is 0. The molecule has 0 fully saturated rings. The molecule has 0 spiro atoms. The highest BCUT2D eigenvalue weighted by molar-refractivity contribution is 8.00. The van der Waals surface area contributed by atoms with Crippen LogP contribution >= 0.6 is 11.8 Å². The number of carbonyl (C=O) groups is 3. The molecule has 47 heavy (non-hydrogen) atoms. The second-order valence-electron chi connectivity index (χ2n) is 10.2. The fraction of sp³-hybridized carbons (Fsp3) is 0.0541. The summed E-state index contributed by atoms with van der Waals surface area (Å²) in [5, 5.41) is 7.82. The largest absolute Gasteiger partial charge is 0.418 e. The quantitative estimate of drug-likeness (QED) is 0.104. The number of hydrogen-bond donors (Lipinski definition) is 3. The number of nitrogens with one attached hydrogen (secondary N) is 3. The Kier molecular flexibility index (Phi) is 10.5. The molecular formula is C37H28F3N3O3S. The van der Waals surface area contributed by atoms with E-state index in [9.17, 15) is 27.6 Å². The third kappa shape index (κ3) is 9.21. The highest BCUT2D eigenvalue weighted by Crippen LogP contribution is 2.34. The fourth-order valence-electron chi connectivity index (χ4n) is 4.55. The van der Waals surface area contributed by atoms with E-state index in [1.807, 2.05) is 54.6 Å². The predicted octanol–water partition coefficient (Wildman–Crippen LogP) is 8.51. The summed E-state index contributed by atoms with van der Waals surface area (Å²) < 4.78 is 39.9. The number of carbonyl (C=O) groups excluding carboxylic acids is 3. The predicted molar refractivity (Wildman–Crippen MR) is 180 cm³/mol. The first-order valence-corrected chi connectivity index (χ1v) is 15.4. The molecule has 0 atom stereocenters. The lowest BCUT2D eigenvalue weighted by Crippen LogP contribution is -2.30. The molecule has 6 nitrogen and oxygen atoms in total. The molecule has 0 aliphatic carbocycles. The smallest absolute Gasteiger partial charge is 0.325 e. The fourth-order valence-corrected chi connectivity index (χ4v) is 5.30. The molecule has 236 valence electrons. The van der Waals surface area contributed by atoms with Crippen molar-refractivity contribution < 1.29 is 27.6 Å². The van der Waals surface area contributed by atoms with Crippen LogP contribution in [0.5, 0.6) is 0 Å². The second-order valence-corrected chi connectivity index (χ2v) is 11.3. The molecule has 3 N–H and O–H groups in total. The van der Waals surface area contributed by atoms with Crippen molar-refractivity contribution in [1.29, 1.82) is 0 Å². The maximum Gasteiger partial charge on any atom is 0.418 e. The summed E-state index contributed by atoms with van der Waals surface area (Å²) in [4.78, 5) is 39.6. The van der Waals surface area contributed by atoms with E-state index in [-0.39, 0.29) is 17.1 Å². The number of thioether (sulfide) groups is 1. The maximum atomic E-state index is 13.5. The first-order chi connectivity index (χ1) is 22.7. The van der Waals surface area contributed by atoms with Crippen LogP contribution < -0.4 is 16.0 Å². The number of halogens is 3. The van der Waals surface area contributed by atoms with Crippen LogP contribution in [0.3, 0.4) is 0 Å². The van der Waals surface area contributed by atoms with Crippen molar-refractivity contribution in [3.63, 3.8) is 0 Å². The first-order valence-electron chi connectivity index (χ1n) is 14.4. The molecule has 0 saturated heterocycles. The van der Waals surface area contributed by atoms with Gasteiger partial charge >= 0.3 is 6.18 Å². The summed E-state index contributed by atoms with van der Waals surface area (Å²) in [6, 6.07) is 37.3. The molecule has 0 aliphatic heterocycles. The maximum absolute atomic E-state index is 13.5. The van der Waals surface area contributed by atoms with Gasteiger partial charge in [0.15, 0.2) is 0 Å². The van der Waals surface area contributed by atoms with Crippen LogP contribution in [-0.2, 0) is 15.8 Å². The van der Waals surface area contributed by atoms with Gasteiger partial charge in [0.05, 0.1) is 17.0 Å². The summed E-state index contributed by atoms with van der Waals surface area (Å²) >= 11 is 1.09. The Hall–Kier alpha value is -5.61. The molecule has 0 bridgehead atoms. The van der Waals surface area contributed by atoms with Gasteiger partial charge in [-0.3, -0.25) is 14.4 Å². The molecule has 0 aromatic heterocycles. The lowest BCUT2D eigenvalue weighted by Gasteiger charge is -2.14. The zero-order chi connectivity index (χ0) is 33.2. The summed E-state index contributed by atoms with van der Waals surface area (Å²) in [5.41, 5.74) is 2.24. The third-order valence-corrected chi connectivity index (χ3v) is 7.82. The molecule has 5 aromatic carbocycles. The van der Waals surface area contributed by atoms with E-state index in [0.29, 0.717) is 21.7 Å². The van der Waals surface area contributed by atoms with Gasteiger partial charge in [0.2, 0.25) is 5.91 Å². The molecule has 5 aromatic rings. The van der Waals surface area contributed by atoms with Gasteiger partial charge in [0, 0.05) is 16.1 Å². The average molecular weight is 652 g/mol. The third-order valence-electron chi connectivity index (χ3n) is 6.83. The van der Waals surface area contributed by atoms with E-state index in [0.717, 1.165) is 29.0 Å². The number of hydrogen-bond acceptors (Lipinski definition) is 4. The Balaban J connectivity index is 1.29. The van der Waals surface area contributed by atoms with Crippen molar-refractivity contribution in [3.05, 3.63) is 156 Å². The van der Waals surface area contributed by atoms with E-state index in [4.69, 9.17) is 0 Å². The first kappa shape index (κ1) is 32.8. The molecule has 5 rings (SSSR count). The van der Waals surface area contributed by atoms with Crippen LogP contribution in [0, 0.1) is 0 Å². The standard InChI is InChI=1S/C37H28F3N3O3S/c38-37(39,40)31-16-7-8-17-32(31)42-34(44)24-47-30-15-9-14-29(23-30)41-36(46)33(43-35(45)28-12-5-2-6-13-28)22-25-18-20-27(21-19-25)26-10-3-1-4-11-26/h1-23H,24H2,(H,41,46)(H,42,44)(H,43,45)/b33-22+. The van der Waals surface area contributed by atoms with Crippen LogP contribution in [0.4, 0.5) is 24.5 Å². The van der Waals surface area contributed by atoms with Crippen molar-refractivity contribution >= 4 is 46.9 Å². The van der Waals surface area contributed by atoms with Gasteiger partial charge in [-0.15, -0.1) is 11.8 Å². The highest BCUT2D eigenvalue weighted by atomic mass is 32.2. The number of rotatable bonds is 10. The van der Waals surface area contributed by atoms with Crippen LogP contribution in [0.2, 0.25) is 0 Å². The molecule has 0 unspecified atom stereocenters. The molecule has 0 radical (unpaired) electrons. The SMILES string of the molecule is O=C(CSc1cccc(NC(=O)/C(=C\c2ccc(-c3ccccc3)cc2)NC(=O)c2ccccc2)c1)Nc1ccccc1C(F)(F)F. The van der Waals surface area contributed by atoms with Gasteiger partial charge in [-0.25, -0.2) is 0 Å². The van der Waals surface area contributed by atoms with Crippen LogP contribution in [0.1, 0.15) is 21.5 Å². The lowest BCUT2D eigenvalue weighted by molar-refractivity contribution is -0.137. The van der Waals surface area contributed by atoms with E-state index in [2.05, 4.69) is 16.0 Å². The molecular weight excluding hydrogens is 623 g/mol. The molecule has 0 aliphatic rings. The zero-order valence-corrected chi connectivity index (χ0v) is 25.6. The van der Waals surface area contributed by atoms with Gasteiger partial charge in [0.25, 0.3) is 11.8 Å². The van der Waals surface area contributed by atoms with Crippen molar-refractivity contribution in [1.82, 2.24) is 5.32 Å². The van der Waals surface area contributed by atoms with Crippen LogP contribution in [-0.4, -0.2) is 23.5 Å². The normalized spacial score (nSPS) is 11.4. The van der Waals surface area contributed by atoms with E-state index < -0.39 is 29.5 Å². The van der Waals surface area contributed by atoms with E-state index in [1.54, 1.807) is 60.7 Å². The minimum absolute atomic E-state index is 0.00655. The second kappa shape index (κ2) is 15.1. The molecule has 0 heterocycles. The lowest BCUT2D eigenvalue weighted by atomic mass is 10.0. The number of benzene rings is 5. The van der Waals surface area contributed by atoms with Crippen LogP contribution in [0.25, 0.3) is 17.2 Å². The van der Waals surface area contributed by atoms with Gasteiger partial charge in [-0.2, -0.15) is 13.2 Å². The van der Waals surface area contributed by atoms with Crippen molar-refractivity contribution in [2.75, 3.05) is 16.4 Å². The van der Waals surface area contributed by atoms with Gasteiger partial charge in [-0.1, -0.05) is 91.0 Å². The van der Waals surface area contributed by atoms with Gasteiger partial charge in [-0.05, 0) is 65.2 Å². The number of amides is 3. The Labute approximate surface area is 273 Å². The summed E-state index contributed by atoms with van der Waals surface area (Å²) in [7, 11) is 0. The topological polar surface area (TPSA) is 87.3 Å². The Bertz CT molecular complexity index is 1900. The van der Waals surface area contributed by atoms with Crippen molar-refractivity contribution in [3.8, 4) is 11.1 Å². The number of alkyl halides is 3. The monoisotopic (exact) mass is 651 g/mol. The average Bonchev–Trinajstić information content (AvgIpc) is 3.08. The zero-order valence-electron chi connectivity index (χ0n) is 24.8.